The maximum absolute atomic E-state index is 12.6. The van der Waals surface area contributed by atoms with Gasteiger partial charge in [0.05, 0.1) is 20.4 Å². The van der Waals surface area contributed by atoms with E-state index in [0.717, 1.165) is 16.4 Å². The number of non-ortho nitro benzene ring substituents is 1. The fourth-order valence-corrected chi connectivity index (χ4v) is 3.89. The van der Waals surface area contributed by atoms with Gasteiger partial charge in [-0.25, -0.2) is 8.42 Å². The van der Waals surface area contributed by atoms with Gasteiger partial charge in [-0.3, -0.25) is 30.6 Å². The Morgan fingerprint density at radius 1 is 1.10 bits per heavy atom. The number of rotatable bonds is 6. The third-order valence-corrected chi connectivity index (χ3v) is 6.55. The SMILES string of the molecule is CC(C)N(C)S(=O)(=O)c1ccc(Cl)c(C(=O)NNC(=O)c2cccc([N+](=O)[O-])c2)c1. The fourth-order valence-electron chi connectivity index (χ4n) is 2.30. The van der Waals surface area contributed by atoms with Crippen molar-refractivity contribution in [3.63, 3.8) is 0 Å². The van der Waals surface area contributed by atoms with E-state index in [1.165, 1.54) is 37.4 Å². The van der Waals surface area contributed by atoms with Crippen LogP contribution in [0.25, 0.3) is 0 Å². The molecule has 0 saturated carbocycles. The zero-order chi connectivity index (χ0) is 22.6. The first-order chi connectivity index (χ1) is 13.9. The number of nitrogens with zero attached hydrogens (tertiary/aromatic N) is 2. The number of carbonyl (C=O) groups is 2. The summed E-state index contributed by atoms with van der Waals surface area (Å²) in [5, 5.41) is 10.8. The molecule has 160 valence electrons. The van der Waals surface area contributed by atoms with Gasteiger partial charge in [-0.15, -0.1) is 0 Å². The Morgan fingerprint density at radius 2 is 1.73 bits per heavy atom. The average molecular weight is 455 g/mol. The second kappa shape index (κ2) is 9.20. The van der Waals surface area contributed by atoms with Crippen molar-refractivity contribution >= 4 is 39.1 Å². The van der Waals surface area contributed by atoms with Crippen molar-refractivity contribution in [3.05, 3.63) is 68.7 Å². The van der Waals surface area contributed by atoms with Gasteiger partial charge in [0.2, 0.25) is 10.0 Å². The van der Waals surface area contributed by atoms with Crippen LogP contribution in [0.1, 0.15) is 34.6 Å². The molecule has 0 saturated heterocycles. The van der Waals surface area contributed by atoms with E-state index in [1.807, 2.05) is 0 Å². The van der Waals surface area contributed by atoms with Crippen molar-refractivity contribution in [2.24, 2.45) is 0 Å². The minimum Gasteiger partial charge on any atom is -0.267 e. The highest BCUT2D eigenvalue weighted by atomic mass is 35.5. The first kappa shape index (κ1) is 23.3. The van der Waals surface area contributed by atoms with Crippen molar-refractivity contribution in [1.82, 2.24) is 15.2 Å². The molecule has 0 aliphatic carbocycles. The molecule has 0 unspecified atom stereocenters. The lowest BCUT2D eigenvalue weighted by Gasteiger charge is -2.21. The average Bonchev–Trinajstić information content (AvgIpc) is 2.71. The van der Waals surface area contributed by atoms with Crippen LogP contribution in [0.3, 0.4) is 0 Å². The lowest BCUT2D eigenvalue weighted by Crippen LogP contribution is -2.41. The van der Waals surface area contributed by atoms with Crippen LogP contribution in [-0.4, -0.2) is 42.6 Å². The van der Waals surface area contributed by atoms with Crippen LogP contribution < -0.4 is 10.9 Å². The molecule has 0 radical (unpaired) electrons. The molecule has 2 N–H and O–H groups in total. The second-order valence-corrected chi connectivity index (χ2v) is 8.88. The number of carbonyl (C=O) groups excluding carboxylic acids is 2. The molecule has 2 aromatic carbocycles. The van der Waals surface area contributed by atoms with Crippen LogP contribution >= 0.6 is 11.6 Å². The quantitative estimate of drug-likeness (QED) is 0.507. The summed E-state index contributed by atoms with van der Waals surface area (Å²) in [5.74, 6) is -1.66. The number of nitro benzene ring substituents is 1. The van der Waals surface area contributed by atoms with Crippen LogP contribution in [0.5, 0.6) is 0 Å². The Hall–Kier alpha value is -3.02. The molecular weight excluding hydrogens is 436 g/mol. The van der Waals surface area contributed by atoms with Gasteiger partial charge in [0.15, 0.2) is 0 Å². The summed E-state index contributed by atoms with van der Waals surface area (Å²) in [6.45, 7) is 3.40. The molecule has 2 aromatic rings. The molecule has 0 aromatic heterocycles. The highest BCUT2D eigenvalue weighted by Gasteiger charge is 2.25. The first-order valence-electron chi connectivity index (χ1n) is 8.58. The van der Waals surface area contributed by atoms with E-state index in [2.05, 4.69) is 10.9 Å². The lowest BCUT2D eigenvalue weighted by molar-refractivity contribution is -0.384. The van der Waals surface area contributed by atoms with Crippen LogP contribution in [-0.2, 0) is 10.0 Å². The summed E-state index contributed by atoms with van der Waals surface area (Å²) >= 11 is 6.01. The van der Waals surface area contributed by atoms with E-state index in [-0.39, 0.29) is 32.8 Å². The molecule has 0 atom stereocenters. The Bertz CT molecular complexity index is 1100. The maximum atomic E-state index is 12.6. The number of hydrogen-bond donors (Lipinski definition) is 2. The maximum Gasteiger partial charge on any atom is 0.271 e. The van der Waals surface area contributed by atoms with Crippen molar-refractivity contribution in [3.8, 4) is 0 Å². The molecule has 10 nitrogen and oxygen atoms in total. The van der Waals surface area contributed by atoms with E-state index in [0.29, 0.717) is 0 Å². The zero-order valence-electron chi connectivity index (χ0n) is 16.2. The third-order valence-electron chi connectivity index (χ3n) is 4.20. The molecule has 2 amide bonds. The molecule has 0 aliphatic rings. The molecule has 0 aliphatic heterocycles. The molecule has 30 heavy (non-hydrogen) atoms. The summed E-state index contributed by atoms with van der Waals surface area (Å²) in [7, 11) is -2.44. The van der Waals surface area contributed by atoms with Crippen LogP contribution in [0.2, 0.25) is 5.02 Å². The molecule has 0 fully saturated rings. The van der Waals surface area contributed by atoms with Crippen molar-refractivity contribution in [2.75, 3.05) is 7.05 Å². The Kier molecular flexibility index (Phi) is 7.13. The summed E-state index contributed by atoms with van der Waals surface area (Å²) in [6, 6.07) is 8.25. The van der Waals surface area contributed by atoms with Crippen LogP contribution in [0, 0.1) is 10.1 Å². The van der Waals surface area contributed by atoms with E-state index >= 15 is 0 Å². The zero-order valence-corrected chi connectivity index (χ0v) is 17.8. The summed E-state index contributed by atoms with van der Waals surface area (Å²) < 4.78 is 26.4. The molecule has 12 heteroatoms. The van der Waals surface area contributed by atoms with Crippen molar-refractivity contribution in [1.29, 1.82) is 0 Å². The monoisotopic (exact) mass is 454 g/mol. The third kappa shape index (κ3) is 5.12. The van der Waals surface area contributed by atoms with E-state index in [1.54, 1.807) is 13.8 Å². The lowest BCUT2D eigenvalue weighted by atomic mass is 10.2. The topological polar surface area (TPSA) is 139 Å². The van der Waals surface area contributed by atoms with Gasteiger partial charge in [0, 0.05) is 30.8 Å². The standard InChI is InChI=1S/C18H19ClN4O6S/c1-11(2)22(3)30(28,29)14-7-8-16(19)15(10-14)18(25)21-20-17(24)12-5-4-6-13(9-12)23(26)27/h4-11H,1-3H3,(H,20,24)(H,21,25). The number of hydrazine groups is 1. The Balaban J connectivity index is 2.20. The summed E-state index contributed by atoms with van der Waals surface area (Å²) in [4.78, 5) is 34.6. The van der Waals surface area contributed by atoms with Gasteiger partial charge in [-0.2, -0.15) is 4.31 Å². The summed E-state index contributed by atoms with van der Waals surface area (Å²) in [6.07, 6.45) is 0. The number of nitrogens with one attached hydrogen (secondary N) is 2. The summed E-state index contributed by atoms with van der Waals surface area (Å²) in [5.41, 5.74) is 3.72. The smallest absolute Gasteiger partial charge is 0.267 e. The highest BCUT2D eigenvalue weighted by molar-refractivity contribution is 7.89. The van der Waals surface area contributed by atoms with Gasteiger partial charge in [0.25, 0.3) is 17.5 Å². The van der Waals surface area contributed by atoms with Crippen molar-refractivity contribution < 1.29 is 22.9 Å². The minimum absolute atomic E-state index is 0.0248. The van der Waals surface area contributed by atoms with Gasteiger partial charge in [0.1, 0.15) is 0 Å². The first-order valence-corrected chi connectivity index (χ1v) is 10.4. The number of hydrogen-bond acceptors (Lipinski definition) is 6. The van der Waals surface area contributed by atoms with Gasteiger partial charge < -0.3 is 0 Å². The predicted octanol–water partition coefficient (Wildman–Crippen LogP) is 2.35. The van der Waals surface area contributed by atoms with Crippen LogP contribution in [0.4, 0.5) is 5.69 Å². The van der Waals surface area contributed by atoms with Gasteiger partial charge in [-0.05, 0) is 38.1 Å². The molecule has 0 spiro atoms. The number of amides is 2. The van der Waals surface area contributed by atoms with E-state index < -0.39 is 26.8 Å². The van der Waals surface area contributed by atoms with Gasteiger partial charge >= 0.3 is 0 Å². The minimum atomic E-state index is -3.85. The van der Waals surface area contributed by atoms with Crippen LogP contribution in [0.15, 0.2) is 47.4 Å². The molecule has 0 bridgehead atoms. The molecule has 2 rings (SSSR count). The second-order valence-electron chi connectivity index (χ2n) is 6.47. The van der Waals surface area contributed by atoms with Gasteiger partial charge in [-0.1, -0.05) is 17.7 Å². The number of sulfonamides is 1. The molecular formula is C18H19ClN4O6S. The number of benzene rings is 2. The Morgan fingerprint density at radius 3 is 2.33 bits per heavy atom. The Labute approximate surface area is 178 Å². The highest BCUT2D eigenvalue weighted by Crippen LogP contribution is 2.23. The molecule has 0 heterocycles. The normalized spacial score (nSPS) is 11.4. The number of halogens is 1. The van der Waals surface area contributed by atoms with E-state index in [9.17, 15) is 28.1 Å². The van der Waals surface area contributed by atoms with E-state index in [4.69, 9.17) is 11.6 Å². The largest absolute Gasteiger partial charge is 0.271 e. The van der Waals surface area contributed by atoms with Crippen molar-refractivity contribution in [2.45, 2.75) is 24.8 Å². The fraction of sp³-hybridized carbons (Fsp3) is 0.222. The number of nitro groups is 1. The predicted molar refractivity (Wildman–Crippen MR) is 110 cm³/mol.